The second-order valence-electron chi connectivity index (χ2n) is 3.25. The second kappa shape index (κ2) is 2.66. The molecule has 0 saturated carbocycles. The van der Waals surface area contributed by atoms with Crippen molar-refractivity contribution in [2.24, 2.45) is 0 Å². The molecule has 2 aromatic heterocycles. The lowest BCUT2D eigenvalue weighted by molar-refractivity contribution is 0.453. The third-order valence-corrected chi connectivity index (χ3v) is 2.25. The number of benzene rings is 1. The summed E-state index contributed by atoms with van der Waals surface area (Å²) in [7, 11) is 0. The normalized spacial score (nSPS) is 11.3. The van der Waals surface area contributed by atoms with E-state index in [2.05, 4.69) is 10.1 Å². The quantitative estimate of drug-likeness (QED) is 0.607. The van der Waals surface area contributed by atoms with E-state index in [-0.39, 0.29) is 11.6 Å². The van der Waals surface area contributed by atoms with E-state index in [1.807, 2.05) is 0 Å². The molecule has 0 fully saturated rings. The van der Waals surface area contributed by atoms with Gasteiger partial charge in [-0.15, -0.1) is 0 Å². The van der Waals surface area contributed by atoms with Gasteiger partial charge in [-0.25, -0.2) is 9.37 Å². The molecule has 0 radical (unpaired) electrons. The molecule has 1 aromatic carbocycles. The van der Waals surface area contributed by atoms with Crippen molar-refractivity contribution in [1.29, 1.82) is 0 Å². The summed E-state index contributed by atoms with van der Waals surface area (Å²) in [4.78, 5) is 4.16. The fourth-order valence-electron chi connectivity index (χ4n) is 1.52. The minimum Gasteiger partial charge on any atom is -0.380 e. The molecule has 3 aromatic rings. The Balaban J connectivity index is 2.50. The van der Waals surface area contributed by atoms with Gasteiger partial charge in [-0.05, 0) is 24.3 Å². The fourth-order valence-corrected chi connectivity index (χ4v) is 1.52. The number of aromatic nitrogens is 2. The van der Waals surface area contributed by atoms with Gasteiger partial charge in [-0.3, -0.25) is 0 Å². The van der Waals surface area contributed by atoms with Crippen LogP contribution in [0.1, 0.15) is 0 Å². The van der Waals surface area contributed by atoms with E-state index in [0.717, 1.165) is 0 Å². The van der Waals surface area contributed by atoms with Crippen molar-refractivity contribution in [2.45, 2.75) is 0 Å². The van der Waals surface area contributed by atoms with Crippen LogP contribution in [0.3, 0.4) is 0 Å². The number of pyridine rings is 1. The average Bonchev–Trinajstić information content (AvgIpc) is 2.57. The van der Waals surface area contributed by atoms with Gasteiger partial charge in [-0.2, -0.15) is 0 Å². The smallest absolute Gasteiger partial charge is 0.260 e. The number of hydrogen-bond donors (Lipinski definition) is 1. The summed E-state index contributed by atoms with van der Waals surface area (Å²) < 4.78 is 17.9. The number of rotatable bonds is 0. The maximum Gasteiger partial charge on any atom is 0.260 e. The van der Waals surface area contributed by atoms with Gasteiger partial charge < -0.3 is 10.3 Å². The first kappa shape index (κ1) is 8.16. The van der Waals surface area contributed by atoms with Crippen LogP contribution in [-0.2, 0) is 0 Å². The van der Waals surface area contributed by atoms with Crippen molar-refractivity contribution in [1.82, 2.24) is 10.1 Å². The van der Waals surface area contributed by atoms with Gasteiger partial charge in [0, 0.05) is 5.39 Å². The average molecular weight is 203 g/mol. The van der Waals surface area contributed by atoms with E-state index in [4.69, 9.17) is 10.3 Å². The van der Waals surface area contributed by atoms with Crippen molar-refractivity contribution in [3.63, 3.8) is 0 Å². The maximum atomic E-state index is 13.0. The number of nitrogens with zero attached hydrogens (tertiary/aromatic N) is 2. The lowest BCUT2D eigenvalue weighted by Crippen LogP contribution is -1.85. The van der Waals surface area contributed by atoms with Gasteiger partial charge in [0.2, 0.25) is 0 Å². The lowest BCUT2D eigenvalue weighted by Gasteiger charge is -1.96. The van der Waals surface area contributed by atoms with Crippen LogP contribution < -0.4 is 5.73 Å². The van der Waals surface area contributed by atoms with Crippen LogP contribution in [0.15, 0.2) is 28.8 Å². The van der Waals surface area contributed by atoms with Crippen LogP contribution >= 0.6 is 0 Å². The summed E-state index contributed by atoms with van der Waals surface area (Å²) in [5.74, 6) is -0.0395. The Morgan fingerprint density at radius 1 is 1.27 bits per heavy atom. The number of fused-ring (bicyclic) bond motifs is 2. The van der Waals surface area contributed by atoms with E-state index in [0.29, 0.717) is 22.0 Å². The first-order chi connectivity index (χ1) is 7.24. The molecule has 0 atom stereocenters. The highest BCUT2D eigenvalue weighted by Crippen LogP contribution is 2.23. The number of nitrogen functional groups attached to an aromatic ring is 1. The number of halogens is 1. The van der Waals surface area contributed by atoms with Crippen LogP contribution in [0.5, 0.6) is 0 Å². The van der Waals surface area contributed by atoms with Crippen molar-refractivity contribution >= 4 is 27.8 Å². The highest BCUT2D eigenvalue weighted by molar-refractivity contribution is 5.95. The van der Waals surface area contributed by atoms with E-state index < -0.39 is 0 Å². The number of nitrogens with two attached hydrogens (primary N) is 1. The molecule has 0 unspecified atom stereocenters. The van der Waals surface area contributed by atoms with Crippen LogP contribution in [0, 0.1) is 5.82 Å². The molecule has 5 heteroatoms. The summed E-state index contributed by atoms with van der Waals surface area (Å²) in [6.07, 6.45) is 0. The highest BCUT2D eigenvalue weighted by Gasteiger charge is 2.08. The summed E-state index contributed by atoms with van der Waals surface area (Å²) in [6.45, 7) is 0. The lowest BCUT2D eigenvalue weighted by atomic mass is 10.2. The van der Waals surface area contributed by atoms with Gasteiger partial charge in [0.1, 0.15) is 5.82 Å². The zero-order valence-corrected chi connectivity index (χ0v) is 7.57. The van der Waals surface area contributed by atoms with Gasteiger partial charge in [0.15, 0.2) is 5.82 Å². The maximum absolute atomic E-state index is 13.0. The Kier molecular flexibility index (Phi) is 1.45. The van der Waals surface area contributed by atoms with Crippen LogP contribution in [0.25, 0.3) is 22.0 Å². The minimum absolute atomic E-state index is 0.267. The van der Waals surface area contributed by atoms with Crippen molar-refractivity contribution < 1.29 is 8.91 Å². The zero-order valence-electron chi connectivity index (χ0n) is 7.57. The third kappa shape index (κ3) is 1.13. The highest BCUT2D eigenvalue weighted by atomic mass is 19.1. The van der Waals surface area contributed by atoms with Gasteiger partial charge >= 0.3 is 0 Å². The largest absolute Gasteiger partial charge is 0.380 e. The molecule has 2 heterocycles. The first-order valence-electron chi connectivity index (χ1n) is 4.35. The fraction of sp³-hybridized carbons (Fsp3) is 0. The van der Waals surface area contributed by atoms with E-state index in [1.165, 1.54) is 12.1 Å². The van der Waals surface area contributed by atoms with Gasteiger partial charge in [-0.1, -0.05) is 5.16 Å². The molecule has 2 N–H and O–H groups in total. The van der Waals surface area contributed by atoms with Crippen molar-refractivity contribution in [3.8, 4) is 0 Å². The Bertz CT molecular complexity index is 662. The monoisotopic (exact) mass is 203 g/mol. The Morgan fingerprint density at radius 3 is 3.00 bits per heavy atom. The summed E-state index contributed by atoms with van der Waals surface area (Å²) in [5.41, 5.74) is 6.59. The molecule has 0 saturated heterocycles. The van der Waals surface area contributed by atoms with E-state index in [1.54, 1.807) is 12.1 Å². The topological polar surface area (TPSA) is 64.9 Å². The predicted octanol–water partition coefficient (Wildman–Crippen LogP) is 2.10. The number of anilines is 1. The predicted molar refractivity (Wildman–Crippen MR) is 53.7 cm³/mol. The molecule has 0 aliphatic heterocycles. The van der Waals surface area contributed by atoms with Crippen molar-refractivity contribution in [3.05, 3.63) is 30.1 Å². The van der Waals surface area contributed by atoms with Crippen LogP contribution in [-0.4, -0.2) is 10.1 Å². The summed E-state index contributed by atoms with van der Waals surface area (Å²) in [6, 6.07) is 6.05. The molecule has 0 bridgehead atoms. The minimum atomic E-state index is -0.307. The molecule has 0 amide bonds. The molecule has 4 nitrogen and oxygen atoms in total. The Hall–Kier alpha value is -2.17. The molecule has 74 valence electrons. The molecular weight excluding hydrogens is 197 g/mol. The summed E-state index contributed by atoms with van der Waals surface area (Å²) >= 11 is 0. The molecular formula is C10H6FN3O. The Labute approximate surface area is 83.5 Å². The van der Waals surface area contributed by atoms with Crippen molar-refractivity contribution in [2.75, 3.05) is 5.73 Å². The molecule has 0 aliphatic rings. The molecule has 0 aliphatic carbocycles. The van der Waals surface area contributed by atoms with Gasteiger partial charge in [0.05, 0.1) is 10.9 Å². The number of hydrogen-bond acceptors (Lipinski definition) is 4. The molecule has 3 rings (SSSR count). The SMILES string of the molecule is Nc1noc2nc3ccc(F)cc3cc12. The van der Waals surface area contributed by atoms with Crippen LogP contribution in [0.2, 0.25) is 0 Å². The van der Waals surface area contributed by atoms with E-state index >= 15 is 0 Å². The zero-order chi connectivity index (χ0) is 10.4. The standard InChI is InChI=1S/C10H6FN3O/c11-6-1-2-8-5(3-6)4-7-9(12)14-15-10(7)13-8/h1-4H,(H2,12,14). The first-order valence-corrected chi connectivity index (χ1v) is 4.35. The molecule has 0 spiro atoms. The van der Waals surface area contributed by atoms with E-state index in [9.17, 15) is 4.39 Å². The second-order valence-corrected chi connectivity index (χ2v) is 3.25. The Morgan fingerprint density at radius 2 is 2.13 bits per heavy atom. The van der Waals surface area contributed by atoms with Gasteiger partial charge in [0.25, 0.3) is 5.71 Å². The molecule has 15 heavy (non-hydrogen) atoms. The third-order valence-electron chi connectivity index (χ3n) is 2.25. The summed E-state index contributed by atoms with van der Waals surface area (Å²) in [5, 5.41) is 4.87. The van der Waals surface area contributed by atoms with Crippen LogP contribution in [0.4, 0.5) is 10.2 Å².